The first-order valence-electron chi connectivity index (χ1n) is 3.88. The van der Waals surface area contributed by atoms with Crippen molar-refractivity contribution in [2.24, 2.45) is 0 Å². The molecule has 12 heavy (non-hydrogen) atoms. The van der Waals surface area contributed by atoms with Crippen molar-refractivity contribution in [2.75, 3.05) is 0 Å². The Morgan fingerprint density at radius 3 is 2.75 bits per heavy atom. The summed E-state index contributed by atoms with van der Waals surface area (Å²) < 4.78 is 0. The van der Waals surface area contributed by atoms with E-state index in [1.807, 2.05) is 12.1 Å². The van der Waals surface area contributed by atoms with Gasteiger partial charge < -0.3 is 0 Å². The van der Waals surface area contributed by atoms with Crippen molar-refractivity contribution in [3.63, 3.8) is 0 Å². The van der Waals surface area contributed by atoms with Gasteiger partial charge in [0.2, 0.25) is 0 Å². The van der Waals surface area contributed by atoms with Crippen molar-refractivity contribution >= 4 is 30.2 Å². The van der Waals surface area contributed by atoms with Crippen LogP contribution in [0.1, 0.15) is 12.5 Å². The number of carbonyl (C=O) groups is 1. The van der Waals surface area contributed by atoms with Gasteiger partial charge in [-0.3, -0.25) is 4.79 Å². The van der Waals surface area contributed by atoms with E-state index in [-0.39, 0.29) is 5.12 Å². The molecule has 1 aromatic carbocycles. The number of hydrogen-bond acceptors (Lipinski definition) is 2. The first kappa shape index (κ1) is 9.39. The largest absolute Gasteiger partial charge is 0.288 e. The third-order valence-corrected chi connectivity index (χ3v) is 2.55. The first-order chi connectivity index (χ1) is 5.70. The maximum Gasteiger partial charge on any atom is 0.186 e. The number of rotatable bonds is 2. The van der Waals surface area contributed by atoms with E-state index in [9.17, 15) is 4.79 Å². The van der Waals surface area contributed by atoms with E-state index < -0.39 is 0 Å². The SMILES string of the molecule is Bc1ccccc1CSC(C)=O. The summed E-state index contributed by atoms with van der Waals surface area (Å²) in [5, 5.41) is 0.179. The van der Waals surface area contributed by atoms with Gasteiger partial charge in [-0.1, -0.05) is 41.5 Å². The zero-order valence-corrected chi connectivity index (χ0v) is 8.15. The van der Waals surface area contributed by atoms with E-state index in [4.69, 9.17) is 0 Å². The van der Waals surface area contributed by atoms with Gasteiger partial charge >= 0.3 is 0 Å². The summed E-state index contributed by atoms with van der Waals surface area (Å²) in [6.07, 6.45) is 0. The number of benzene rings is 1. The Kier molecular flexibility index (Phi) is 3.41. The maximum atomic E-state index is 10.7. The normalized spacial score (nSPS) is 9.75. The molecule has 0 amide bonds. The Bertz CT molecular complexity index is 286. The average molecular weight is 178 g/mol. The van der Waals surface area contributed by atoms with Crippen LogP contribution >= 0.6 is 11.8 Å². The van der Waals surface area contributed by atoms with Crippen molar-refractivity contribution in [1.29, 1.82) is 0 Å². The Hall–Kier alpha value is -0.695. The third-order valence-electron chi connectivity index (χ3n) is 1.69. The van der Waals surface area contributed by atoms with E-state index in [1.54, 1.807) is 6.92 Å². The summed E-state index contributed by atoms with van der Waals surface area (Å²) in [5.41, 5.74) is 2.50. The zero-order valence-electron chi connectivity index (χ0n) is 7.33. The van der Waals surface area contributed by atoms with Crippen LogP contribution in [0.25, 0.3) is 0 Å². The van der Waals surface area contributed by atoms with Crippen LogP contribution in [0.3, 0.4) is 0 Å². The van der Waals surface area contributed by atoms with E-state index >= 15 is 0 Å². The van der Waals surface area contributed by atoms with Crippen molar-refractivity contribution in [2.45, 2.75) is 12.7 Å². The predicted octanol–water partition coefficient (Wildman–Crippen LogP) is 0.725. The van der Waals surface area contributed by atoms with E-state index in [2.05, 4.69) is 20.0 Å². The molecule has 0 aliphatic carbocycles. The summed E-state index contributed by atoms with van der Waals surface area (Å²) in [6.45, 7) is 1.60. The molecule has 62 valence electrons. The molecule has 0 saturated carbocycles. The van der Waals surface area contributed by atoms with Gasteiger partial charge in [-0.05, 0) is 5.56 Å². The van der Waals surface area contributed by atoms with Gasteiger partial charge in [0.05, 0.1) is 0 Å². The molecule has 0 unspecified atom stereocenters. The van der Waals surface area contributed by atoms with Crippen molar-refractivity contribution < 1.29 is 4.79 Å². The molecule has 0 aliphatic rings. The first-order valence-corrected chi connectivity index (χ1v) is 4.86. The molecule has 0 heterocycles. The van der Waals surface area contributed by atoms with E-state index in [0.717, 1.165) is 5.75 Å². The number of thioether (sulfide) groups is 1. The molecule has 0 aliphatic heterocycles. The second kappa shape index (κ2) is 4.36. The summed E-state index contributed by atoms with van der Waals surface area (Å²) in [6, 6.07) is 8.14. The molecule has 3 heteroatoms. The molecule has 1 nitrogen and oxygen atoms in total. The monoisotopic (exact) mass is 178 g/mol. The maximum absolute atomic E-state index is 10.7. The lowest BCUT2D eigenvalue weighted by atomic mass is 9.92. The van der Waals surface area contributed by atoms with Crippen LogP contribution in [0.5, 0.6) is 0 Å². The van der Waals surface area contributed by atoms with Gasteiger partial charge in [0.1, 0.15) is 7.85 Å². The van der Waals surface area contributed by atoms with Gasteiger partial charge in [-0.2, -0.15) is 0 Å². The highest BCUT2D eigenvalue weighted by Crippen LogP contribution is 2.09. The summed E-state index contributed by atoms with van der Waals surface area (Å²) in [7, 11) is 2.07. The Morgan fingerprint density at radius 2 is 2.17 bits per heavy atom. The second-order valence-corrected chi connectivity index (χ2v) is 3.86. The number of carbonyl (C=O) groups excluding carboxylic acids is 1. The third kappa shape index (κ3) is 2.74. The highest BCUT2D eigenvalue weighted by molar-refractivity contribution is 8.12. The lowest BCUT2D eigenvalue weighted by Crippen LogP contribution is -2.08. The molecule has 0 saturated heterocycles. The Morgan fingerprint density at radius 1 is 1.50 bits per heavy atom. The second-order valence-electron chi connectivity index (χ2n) is 2.71. The molecule has 0 spiro atoms. The average Bonchev–Trinajstić information content (AvgIpc) is 2.03. The van der Waals surface area contributed by atoms with E-state index in [1.165, 1.54) is 22.8 Å². The molecular weight excluding hydrogens is 167 g/mol. The minimum absolute atomic E-state index is 0.179. The fraction of sp³-hybridized carbons (Fsp3) is 0.222. The van der Waals surface area contributed by atoms with Crippen LogP contribution in [0.4, 0.5) is 0 Å². The number of hydrogen-bond donors (Lipinski definition) is 0. The van der Waals surface area contributed by atoms with Crippen LogP contribution in [-0.2, 0) is 10.5 Å². The molecular formula is C9H11BOS. The van der Waals surface area contributed by atoms with Gasteiger partial charge in [0.15, 0.2) is 5.12 Å². The summed E-state index contributed by atoms with van der Waals surface area (Å²) in [4.78, 5) is 10.7. The molecule has 0 N–H and O–H groups in total. The van der Waals surface area contributed by atoms with Gasteiger partial charge in [-0.25, -0.2) is 0 Å². The molecule has 1 aromatic rings. The standard InChI is InChI=1S/C9H11BOS/c1-7(11)12-6-8-4-2-3-5-9(8)10/h2-5H,6,10H2,1H3. The summed E-state index contributed by atoms with van der Waals surface area (Å²) in [5.74, 6) is 0.794. The van der Waals surface area contributed by atoms with Gasteiger partial charge in [0.25, 0.3) is 0 Å². The molecule has 0 atom stereocenters. The minimum atomic E-state index is 0.179. The zero-order chi connectivity index (χ0) is 8.97. The van der Waals surface area contributed by atoms with Crippen LogP contribution in [0, 0.1) is 0 Å². The van der Waals surface area contributed by atoms with Crippen molar-refractivity contribution in [3.8, 4) is 0 Å². The predicted molar refractivity (Wildman–Crippen MR) is 56.6 cm³/mol. The highest BCUT2D eigenvalue weighted by Gasteiger charge is 1.98. The summed E-state index contributed by atoms with van der Waals surface area (Å²) >= 11 is 1.36. The minimum Gasteiger partial charge on any atom is -0.288 e. The quantitative estimate of drug-likeness (QED) is 0.621. The van der Waals surface area contributed by atoms with E-state index in [0.29, 0.717) is 0 Å². The van der Waals surface area contributed by atoms with Crippen molar-refractivity contribution in [3.05, 3.63) is 29.8 Å². The van der Waals surface area contributed by atoms with Gasteiger partial charge in [-0.15, -0.1) is 0 Å². The molecule has 1 rings (SSSR count). The molecule has 0 radical (unpaired) electrons. The van der Waals surface area contributed by atoms with Crippen LogP contribution in [0.2, 0.25) is 0 Å². The molecule has 0 fully saturated rings. The lowest BCUT2D eigenvalue weighted by molar-refractivity contribution is -0.109. The fourth-order valence-corrected chi connectivity index (χ4v) is 1.63. The van der Waals surface area contributed by atoms with Crippen LogP contribution < -0.4 is 5.46 Å². The highest BCUT2D eigenvalue weighted by atomic mass is 32.2. The topological polar surface area (TPSA) is 17.1 Å². The smallest absolute Gasteiger partial charge is 0.186 e. The van der Waals surface area contributed by atoms with Crippen molar-refractivity contribution in [1.82, 2.24) is 0 Å². The Balaban J connectivity index is 2.63. The Labute approximate surface area is 78.0 Å². The van der Waals surface area contributed by atoms with Gasteiger partial charge in [0, 0.05) is 12.7 Å². The molecule has 0 aromatic heterocycles. The van der Waals surface area contributed by atoms with Crippen LogP contribution in [-0.4, -0.2) is 13.0 Å². The van der Waals surface area contributed by atoms with Crippen LogP contribution in [0.15, 0.2) is 24.3 Å². The lowest BCUT2D eigenvalue weighted by Gasteiger charge is -2.02. The fourth-order valence-electron chi connectivity index (χ4n) is 0.951. The molecule has 0 bridgehead atoms.